The second-order valence-corrected chi connectivity index (χ2v) is 7.45. The number of aromatic nitrogens is 4. The Hall–Kier alpha value is -3.25. The molecule has 146 valence electrons. The lowest BCUT2D eigenvalue weighted by Crippen LogP contribution is -2.17. The van der Waals surface area contributed by atoms with Gasteiger partial charge < -0.3 is 5.32 Å². The molecule has 1 N–H and O–H groups in total. The number of amides is 1. The molecule has 0 aliphatic carbocycles. The molecule has 4 rings (SSSR count). The van der Waals surface area contributed by atoms with Gasteiger partial charge in [0.25, 0.3) is 5.78 Å². The molecule has 0 unspecified atom stereocenters. The number of carbonyl (C=O) groups excluding carboxylic acids is 1. The normalized spacial score (nSPS) is 11.0. The lowest BCUT2D eigenvalue weighted by atomic mass is 10.1. The number of hydrogen-bond acceptors (Lipinski definition) is 4. The van der Waals surface area contributed by atoms with Crippen molar-refractivity contribution in [3.63, 3.8) is 0 Å². The van der Waals surface area contributed by atoms with E-state index in [0.29, 0.717) is 16.6 Å². The zero-order chi connectivity index (χ0) is 20.5. The summed E-state index contributed by atoms with van der Waals surface area (Å²) in [6, 6.07) is 15.1. The van der Waals surface area contributed by atoms with Crippen molar-refractivity contribution in [2.45, 2.75) is 27.2 Å². The van der Waals surface area contributed by atoms with E-state index in [1.54, 1.807) is 16.6 Å². The van der Waals surface area contributed by atoms with Crippen LogP contribution < -0.4 is 5.32 Å². The first kappa shape index (κ1) is 19.1. The van der Waals surface area contributed by atoms with Crippen LogP contribution in [0.2, 0.25) is 5.02 Å². The third kappa shape index (κ3) is 3.98. The van der Waals surface area contributed by atoms with Crippen LogP contribution in [-0.4, -0.2) is 25.5 Å². The molecule has 2 heterocycles. The number of carbonyl (C=O) groups is 1. The number of halogens is 1. The smallest absolute Gasteiger partial charge is 0.253 e. The minimum atomic E-state index is -0.0963. The van der Waals surface area contributed by atoms with Crippen molar-refractivity contribution >= 4 is 29.0 Å². The van der Waals surface area contributed by atoms with E-state index < -0.39 is 0 Å². The van der Waals surface area contributed by atoms with Crippen LogP contribution in [0.15, 0.2) is 48.5 Å². The number of nitrogens with one attached hydrogen (secondary N) is 1. The molecule has 0 aliphatic rings. The lowest BCUT2D eigenvalue weighted by Gasteiger charge is -2.11. The van der Waals surface area contributed by atoms with Gasteiger partial charge in [-0.2, -0.15) is 4.98 Å². The van der Waals surface area contributed by atoms with Crippen LogP contribution in [0.5, 0.6) is 0 Å². The van der Waals surface area contributed by atoms with E-state index >= 15 is 0 Å². The highest BCUT2D eigenvalue weighted by molar-refractivity contribution is 6.30. The Labute approximate surface area is 173 Å². The highest BCUT2D eigenvalue weighted by atomic mass is 35.5. The predicted octanol–water partition coefficient (Wildman–Crippen LogP) is 4.55. The fraction of sp³-hybridized carbons (Fsp3) is 0.182. The van der Waals surface area contributed by atoms with Gasteiger partial charge >= 0.3 is 0 Å². The summed E-state index contributed by atoms with van der Waals surface area (Å²) in [6.07, 6.45) is 0.213. The number of benzene rings is 2. The summed E-state index contributed by atoms with van der Waals surface area (Å²) < 4.78 is 1.69. The van der Waals surface area contributed by atoms with Gasteiger partial charge in [-0.3, -0.25) is 4.79 Å². The molecule has 0 atom stereocenters. The summed E-state index contributed by atoms with van der Waals surface area (Å²) in [5.74, 6) is 0.979. The SMILES string of the molecule is Cc1cccc(NC(=O)Cc2c(C)nc3nc(-c4ccc(Cl)cc4)nn3c2C)c1. The van der Waals surface area contributed by atoms with Crippen LogP contribution >= 0.6 is 11.6 Å². The van der Waals surface area contributed by atoms with Crippen molar-refractivity contribution in [1.29, 1.82) is 0 Å². The Balaban J connectivity index is 1.64. The van der Waals surface area contributed by atoms with Gasteiger partial charge in [-0.05, 0) is 62.7 Å². The van der Waals surface area contributed by atoms with Gasteiger partial charge in [-0.25, -0.2) is 9.50 Å². The van der Waals surface area contributed by atoms with Crippen LogP contribution in [0.4, 0.5) is 5.69 Å². The van der Waals surface area contributed by atoms with Crippen LogP contribution in [0.1, 0.15) is 22.5 Å². The van der Waals surface area contributed by atoms with Gasteiger partial charge in [0.15, 0.2) is 5.82 Å². The third-order valence-corrected chi connectivity index (χ3v) is 5.04. The molecule has 1 amide bonds. The molecule has 2 aromatic heterocycles. The Kier molecular flexibility index (Phi) is 5.03. The van der Waals surface area contributed by atoms with Crippen LogP contribution in [0, 0.1) is 20.8 Å². The van der Waals surface area contributed by atoms with Gasteiger partial charge in [-0.15, -0.1) is 5.10 Å². The molecule has 0 fully saturated rings. The summed E-state index contributed by atoms with van der Waals surface area (Å²) in [6.45, 7) is 5.81. The second kappa shape index (κ2) is 7.64. The van der Waals surface area contributed by atoms with Gasteiger partial charge in [-0.1, -0.05) is 23.7 Å². The maximum Gasteiger partial charge on any atom is 0.253 e. The first-order valence-electron chi connectivity index (χ1n) is 9.26. The molecular weight excluding hydrogens is 386 g/mol. The first-order chi connectivity index (χ1) is 13.9. The Morgan fingerprint density at radius 2 is 1.83 bits per heavy atom. The van der Waals surface area contributed by atoms with Crippen LogP contribution in [0.3, 0.4) is 0 Å². The predicted molar refractivity (Wildman–Crippen MR) is 114 cm³/mol. The van der Waals surface area contributed by atoms with E-state index in [2.05, 4.69) is 20.4 Å². The molecule has 0 spiro atoms. The van der Waals surface area contributed by atoms with Crippen molar-refractivity contribution < 1.29 is 4.79 Å². The average Bonchev–Trinajstić information content (AvgIpc) is 3.10. The Bertz CT molecular complexity index is 1210. The molecule has 6 nitrogen and oxygen atoms in total. The number of aryl methyl sites for hydroxylation is 3. The molecule has 2 aromatic carbocycles. The Morgan fingerprint density at radius 3 is 2.55 bits per heavy atom. The van der Waals surface area contributed by atoms with Crippen LogP contribution in [-0.2, 0) is 11.2 Å². The monoisotopic (exact) mass is 405 g/mol. The van der Waals surface area contributed by atoms with E-state index in [1.807, 2.05) is 57.2 Å². The number of rotatable bonds is 4. The fourth-order valence-electron chi connectivity index (χ4n) is 3.27. The highest BCUT2D eigenvalue weighted by Gasteiger charge is 2.17. The number of nitrogens with zero attached hydrogens (tertiary/aromatic N) is 4. The van der Waals surface area contributed by atoms with E-state index in [0.717, 1.165) is 33.8 Å². The summed E-state index contributed by atoms with van der Waals surface area (Å²) in [7, 11) is 0. The van der Waals surface area contributed by atoms with E-state index in [-0.39, 0.29) is 12.3 Å². The highest BCUT2D eigenvalue weighted by Crippen LogP contribution is 2.21. The fourth-order valence-corrected chi connectivity index (χ4v) is 3.40. The van der Waals surface area contributed by atoms with Crippen molar-refractivity contribution in [2.75, 3.05) is 5.32 Å². The minimum absolute atomic E-state index is 0.0963. The molecule has 4 aromatic rings. The van der Waals surface area contributed by atoms with E-state index in [4.69, 9.17) is 11.6 Å². The standard InChI is InChI=1S/C22H20ClN5O/c1-13-5-4-6-18(11-13)25-20(29)12-19-14(2)24-22-26-21(27-28(22)15(19)3)16-7-9-17(23)10-8-16/h4-11H,12H2,1-3H3,(H,25,29). The van der Waals surface area contributed by atoms with Gasteiger partial charge in [0.1, 0.15) is 0 Å². The van der Waals surface area contributed by atoms with Crippen LogP contribution in [0.25, 0.3) is 17.2 Å². The molecule has 7 heteroatoms. The molecule has 0 bridgehead atoms. The summed E-state index contributed by atoms with van der Waals surface area (Å²) in [5, 5.41) is 8.19. The molecule has 0 saturated heterocycles. The van der Waals surface area contributed by atoms with Crippen molar-refractivity contribution in [1.82, 2.24) is 19.6 Å². The maximum atomic E-state index is 12.6. The van der Waals surface area contributed by atoms with E-state index in [1.165, 1.54) is 0 Å². The van der Waals surface area contributed by atoms with Gasteiger partial charge in [0, 0.05) is 33.2 Å². The van der Waals surface area contributed by atoms with E-state index in [9.17, 15) is 4.79 Å². The van der Waals surface area contributed by atoms with Crippen molar-refractivity contribution in [3.05, 3.63) is 76.1 Å². The average molecular weight is 406 g/mol. The number of fused-ring (bicyclic) bond motifs is 1. The molecule has 29 heavy (non-hydrogen) atoms. The molecule has 0 radical (unpaired) electrons. The number of anilines is 1. The summed E-state index contributed by atoms with van der Waals surface area (Å²) in [5.41, 5.74) is 5.19. The lowest BCUT2D eigenvalue weighted by molar-refractivity contribution is -0.115. The zero-order valence-electron chi connectivity index (χ0n) is 16.4. The first-order valence-corrected chi connectivity index (χ1v) is 9.64. The Morgan fingerprint density at radius 1 is 1.07 bits per heavy atom. The minimum Gasteiger partial charge on any atom is -0.326 e. The number of hydrogen-bond donors (Lipinski definition) is 1. The largest absolute Gasteiger partial charge is 0.326 e. The molecule has 0 aliphatic heterocycles. The van der Waals surface area contributed by atoms with Gasteiger partial charge in [0.05, 0.1) is 6.42 Å². The zero-order valence-corrected chi connectivity index (χ0v) is 17.2. The summed E-state index contributed by atoms with van der Waals surface area (Å²) in [4.78, 5) is 21.7. The third-order valence-electron chi connectivity index (χ3n) is 4.79. The molecular formula is C22H20ClN5O. The molecule has 0 saturated carbocycles. The second-order valence-electron chi connectivity index (χ2n) is 7.01. The van der Waals surface area contributed by atoms with Crippen molar-refractivity contribution in [2.24, 2.45) is 0 Å². The quantitative estimate of drug-likeness (QED) is 0.540. The summed E-state index contributed by atoms with van der Waals surface area (Å²) >= 11 is 5.96. The maximum absolute atomic E-state index is 12.6. The van der Waals surface area contributed by atoms with Crippen molar-refractivity contribution in [3.8, 4) is 11.4 Å². The van der Waals surface area contributed by atoms with Gasteiger partial charge in [0.2, 0.25) is 5.91 Å². The topological polar surface area (TPSA) is 72.2 Å².